The minimum absolute atomic E-state index is 0.102. The summed E-state index contributed by atoms with van der Waals surface area (Å²) < 4.78 is 45.6. The highest BCUT2D eigenvalue weighted by molar-refractivity contribution is 7.89. The van der Waals surface area contributed by atoms with Crippen LogP contribution in [-0.4, -0.2) is 44.8 Å². The van der Waals surface area contributed by atoms with Crippen molar-refractivity contribution in [3.05, 3.63) is 95.3 Å². The maximum Gasteiger partial charge on any atom is 0.242 e. The molecule has 1 atom stereocenters. The number of hydrogen-bond acceptors (Lipinski definition) is 5. The Morgan fingerprint density at radius 3 is 2.26 bits per heavy atom. The van der Waals surface area contributed by atoms with Crippen LogP contribution < -0.4 is 14.8 Å². The number of methoxy groups -OCH3 is 1. The molecule has 10 heteroatoms. The number of sulfonamides is 1. The molecule has 3 rings (SSSR count). The van der Waals surface area contributed by atoms with E-state index in [4.69, 9.17) is 4.74 Å². The van der Waals surface area contributed by atoms with E-state index < -0.39 is 16.1 Å². The van der Waals surface area contributed by atoms with E-state index in [1.54, 1.807) is 51.3 Å². The SMILES string of the molecule is CCNS(=O)(=O)c1ccc(CCC(=O)N(Cc2ccc(F)cc2)[C@@H](C)C(=O)NCc2ccccc2OC)cc1. The fraction of sp³-hybridized carbons (Fsp3) is 0.310. The average Bonchev–Trinajstić information content (AvgIpc) is 2.94. The first-order chi connectivity index (χ1) is 18.6. The van der Waals surface area contributed by atoms with Crippen LogP contribution in [0.5, 0.6) is 5.75 Å². The largest absolute Gasteiger partial charge is 0.496 e. The van der Waals surface area contributed by atoms with Crippen LogP contribution >= 0.6 is 0 Å². The van der Waals surface area contributed by atoms with Gasteiger partial charge in [0.2, 0.25) is 21.8 Å². The molecule has 0 saturated heterocycles. The maximum atomic E-state index is 13.4. The van der Waals surface area contributed by atoms with Gasteiger partial charge in [-0.3, -0.25) is 9.59 Å². The van der Waals surface area contributed by atoms with E-state index in [1.165, 1.54) is 29.2 Å². The van der Waals surface area contributed by atoms with Gasteiger partial charge in [0.15, 0.2) is 0 Å². The Labute approximate surface area is 229 Å². The number of halogens is 1. The average molecular weight is 556 g/mol. The second-order valence-corrected chi connectivity index (χ2v) is 10.8. The summed E-state index contributed by atoms with van der Waals surface area (Å²) in [6.45, 7) is 4.00. The Morgan fingerprint density at radius 1 is 0.974 bits per heavy atom. The molecule has 8 nitrogen and oxygen atoms in total. The van der Waals surface area contributed by atoms with Gasteiger partial charge in [-0.05, 0) is 54.8 Å². The Morgan fingerprint density at radius 2 is 1.62 bits per heavy atom. The molecule has 0 bridgehead atoms. The van der Waals surface area contributed by atoms with Crippen LogP contribution in [0.25, 0.3) is 0 Å². The Hall–Kier alpha value is -3.76. The Balaban J connectivity index is 1.71. The molecule has 0 spiro atoms. The number of benzene rings is 3. The van der Waals surface area contributed by atoms with Crippen LogP contribution in [0.2, 0.25) is 0 Å². The molecular formula is C29H34FN3O5S. The third-order valence-electron chi connectivity index (χ3n) is 6.27. The molecule has 2 amide bonds. The molecule has 0 fully saturated rings. The molecule has 0 aliphatic carbocycles. The second kappa shape index (κ2) is 13.9. The van der Waals surface area contributed by atoms with Gasteiger partial charge in [0.05, 0.1) is 12.0 Å². The number of hydrogen-bond donors (Lipinski definition) is 2. The summed E-state index contributed by atoms with van der Waals surface area (Å²) in [7, 11) is -2.01. The van der Waals surface area contributed by atoms with Gasteiger partial charge in [0.1, 0.15) is 17.6 Å². The van der Waals surface area contributed by atoms with Crippen LogP contribution in [0.4, 0.5) is 4.39 Å². The number of carbonyl (C=O) groups is 2. The van der Waals surface area contributed by atoms with Gasteiger partial charge in [-0.15, -0.1) is 0 Å². The molecule has 0 aliphatic heterocycles. The van der Waals surface area contributed by atoms with Gasteiger partial charge < -0.3 is 15.0 Å². The third-order valence-corrected chi connectivity index (χ3v) is 7.84. The lowest BCUT2D eigenvalue weighted by molar-refractivity contribution is -0.140. The van der Waals surface area contributed by atoms with E-state index >= 15 is 0 Å². The number of nitrogens with zero attached hydrogens (tertiary/aromatic N) is 1. The highest BCUT2D eigenvalue weighted by Gasteiger charge is 2.26. The molecule has 0 unspecified atom stereocenters. The minimum atomic E-state index is -3.56. The summed E-state index contributed by atoms with van der Waals surface area (Å²) in [5.74, 6) is -0.342. The normalized spacial score (nSPS) is 12.0. The molecule has 2 N–H and O–H groups in total. The lowest BCUT2D eigenvalue weighted by atomic mass is 10.1. The molecule has 39 heavy (non-hydrogen) atoms. The number of amides is 2. The van der Waals surface area contributed by atoms with Gasteiger partial charge in [-0.2, -0.15) is 0 Å². The van der Waals surface area contributed by atoms with Gasteiger partial charge in [0.25, 0.3) is 0 Å². The summed E-state index contributed by atoms with van der Waals surface area (Å²) in [5.41, 5.74) is 2.28. The van der Waals surface area contributed by atoms with Crippen LogP contribution in [0.15, 0.2) is 77.7 Å². The van der Waals surface area contributed by atoms with Crippen molar-refractivity contribution in [2.75, 3.05) is 13.7 Å². The first-order valence-electron chi connectivity index (χ1n) is 12.7. The summed E-state index contributed by atoms with van der Waals surface area (Å²) in [4.78, 5) is 28.1. The van der Waals surface area contributed by atoms with Crippen molar-refractivity contribution in [1.29, 1.82) is 0 Å². The molecule has 0 radical (unpaired) electrons. The van der Waals surface area contributed by atoms with E-state index in [9.17, 15) is 22.4 Å². The summed E-state index contributed by atoms with van der Waals surface area (Å²) in [6, 6.07) is 18.7. The van der Waals surface area contributed by atoms with Crippen molar-refractivity contribution in [2.24, 2.45) is 0 Å². The molecule has 3 aromatic rings. The standard InChI is InChI=1S/C29H34FN3O5S/c1-4-32-39(36,37)26-16-11-22(12-17-26)13-18-28(34)33(20-23-9-14-25(30)15-10-23)21(2)29(35)31-19-24-7-5-6-8-27(24)38-3/h5-12,14-17,21,32H,4,13,18-20H2,1-3H3,(H,31,35)/t21-/m0/s1. The molecule has 0 saturated carbocycles. The van der Waals surface area contributed by atoms with Crippen LogP contribution in [0.3, 0.4) is 0 Å². The molecule has 208 valence electrons. The van der Waals surface area contributed by atoms with E-state index in [0.29, 0.717) is 17.7 Å². The lowest BCUT2D eigenvalue weighted by Gasteiger charge is -2.29. The van der Waals surface area contributed by atoms with Crippen molar-refractivity contribution in [2.45, 2.75) is 50.7 Å². The van der Waals surface area contributed by atoms with E-state index in [-0.39, 0.29) is 48.6 Å². The zero-order chi connectivity index (χ0) is 28.4. The topological polar surface area (TPSA) is 105 Å². The number of para-hydroxylation sites is 1. The third kappa shape index (κ3) is 8.36. The zero-order valence-electron chi connectivity index (χ0n) is 22.3. The predicted molar refractivity (Wildman–Crippen MR) is 147 cm³/mol. The van der Waals surface area contributed by atoms with E-state index in [0.717, 1.165) is 11.1 Å². The van der Waals surface area contributed by atoms with Gasteiger partial charge >= 0.3 is 0 Å². The Bertz CT molecular complexity index is 1360. The van der Waals surface area contributed by atoms with Crippen LogP contribution in [0, 0.1) is 5.82 Å². The van der Waals surface area contributed by atoms with Gasteiger partial charge in [0, 0.05) is 31.6 Å². The van der Waals surface area contributed by atoms with Crippen molar-refractivity contribution < 1.29 is 27.1 Å². The number of aryl methyl sites for hydroxylation is 1. The number of carbonyl (C=O) groups excluding carboxylic acids is 2. The van der Waals surface area contributed by atoms with Crippen LogP contribution in [-0.2, 0) is 39.1 Å². The van der Waals surface area contributed by atoms with Gasteiger partial charge in [-0.25, -0.2) is 17.5 Å². The number of nitrogens with one attached hydrogen (secondary N) is 2. The molecular weight excluding hydrogens is 521 g/mol. The van der Waals surface area contributed by atoms with E-state index in [2.05, 4.69) is 10.0 Å². The van der Waals surface area contributed by atoms with Crippen LogP contribution in [0.1, 0.15) is 37.0 Å². The zero-order valence-corrected chi connectivity index (χ0v) is 23.1. The lowest BCUT2D eigenvalue weighted by Crippen LogP contribution is -2.47. The highest BCUT2D eigenvalue weighted by atomic mass is 32.2. The first-order valence-corrected chi connectivity index (χ1v) is 14.1. The van der Waals surface area contributed by atoms with Crippen molar-refractivity contribution in [3.8, 4) is 5.75 Å². The molecule has 0 aromatic heterocycles. The fourth-order valence-electron chi connectivity index (χ4n) is 4.05. The quantitative estimate of drug-likeness (QED) is 0.334. The van der Waals surface area contributed by atoms with Gasteiger partial charge in [-0.1, -0.05) is 49.4 Å². The number of ether oxygens (including phenoxy) is 1. The Kier molecular flexibility index (Phi) is 10.6. The monoisotopic (exact) mass is 555 g/mol. The summed E-state index contributed by atoms with van der Waals surface area (Å²) in [5, 5.41) is 2.87. The second-order valence-electron chi connectivity index (χ2n) is 9.00. The summed E-state index contributed by atoms with van der Waals surface area (Å²) >= 11 is 0. The van der Waals surface area contributed by atoms with Crippen molar-refractivity contribution in [3.63, 3.8) is 0 Å². The molecule has 0 heterocycles. The smallest absolute Gasteiger partial charge is 0.242 e. The number of rotatable bonds is 13. The summed E-state index contributed by atoms with van der Waals surface area (Å²) in [6.07, 6.45) is 0.459. The molecule has 0 aliphatic rings. The maximum absolute atomic E-state index is 13.4. The highest BCUT2D eigenvalue weighted by Crippen LogP contribution is 2.18. The first kappa shape index (κ1) is 29.8. The van der Waals surface area contributed by atoms with Crippen molar-refractivity contribution >= 4 is 21.8 Å². The predicted octanol–water partition coefficient (Wildman–Crippen LogP) is 3.80. The van der Waals surface area contributed by atoms with E-state index in [1.807, 2.05) is 18.2 Å². The minimum Gasteiger partial charge on any atom is -0.496 e. The molecule has 3 aromatic carbocycles. The fourth-order valence-corrected chi connectivity index (χ4v) is 5.09. The van der Waals surface area contributed by atoms with Crippen molar-refractivity contribution in [1.82, 2.24) is 14.9 Å².